The molecule has 3 N–H and O–H groups in total. The van der Waals surface area contributed by atoms with Crippen LogP contribution in [0, 0.1) is 0 Å². The van der Waals surface area contributed by atoms with Crippen molar-refractivity contribution in [2.75, 3.05) is 26.6 Å². The summed E-state index contributed by atoms with van der Waals surface area (Å²) in [5.41, 5.74) is 6.28. The number of hydrogen-bond acceptors (Lipinski definition) is 5. The van der Waals surface area contributed by atoms with Gasteiger partial charge in [0.1, 0.15) is 22.8 Å². The van der Waals surface area contributed by atoms with Crippen LogP contribution in [0.15, 0.2) is 36.4 Å². The van der Waals surface area contributed by atoms with Crippen LogP contribution in [0.4, 0.5) is 5.69 Å². The minimum atomic E-state index is -0.536. The summed E-state index contributed by atoms with van der Waals surface area (Å²) in [7, 11) is 4.41. The van der Waals surface area contributed by atoms with Crippen LogP contribution < -0.4 is 25.3 Å². The normalized spacial score (nSPS) is 9.96. The lowest BCUT2D eigenvalue weighted by atomic mass is 10.1. The van der Waals surface area contributed by atoms with E-state index in [4.69, 9.17) is 19.9 Å². The maximum absolute atomic E-state index is 12.6. The molecule has 2 amide bonds. The molecule has 0 fully saturated rings. The van der Waals surface area contributed by atoms with E-state index in [0.717, 1.165) is 0 Å². The van der Waals surface area contributed by atoms with Crippen molar-refractivity contribution in [3.05, 3.63) is 47.5 Å². The lowest BCUT2D eigenvalue weighted by molar-refractivity contribution is 0.0997. The summed E-state index contributed by atoms with van der Waals surface area (Å²) in [4.78, 5) is 23.7. The Kier molecular flexibility index (Phi) is 5.26. The number of rotatable bonds is 6. The number of methoxy groups -OCH3 is 3. The summed E-state index contributed by atoms with van der Waals surface area (Å²) in [6.45, 7) is 0. The van der Waals surface area contributed by atoms with Gasteiger partial charge in [0.05, 0.1) is 21.3 Å². The summed E-state index contributed by atoms with van der Waals surface area (Å²) < 4.78 is 15.7. The Labute approximate surface area is 139 Å². The van der Waals surface area contributed by atoms with Crippen LogP contribution in [0.25, 0.3) is 0 Å². The molecular formula is C17H18N2O5. The van der Waals surface area contributed by atoms with Gasteiger partial charge in [0.25, 0.3) is 5.91 Å². The molecule has 0 spiro atoms. The van der Waals surface area contributed by atoms with Crippen molar-refractivity contribution in [1.82, 2.24) is 0 Å². The molecule has 2 rings (SSSR count). The first-order valence-electron chi connectivity index (χ1n) is 7.01. The largest absolute Gasteiger partial charge is 0.496 e. The summed E-state index contributed by atoms with van der Waals surface area (Å²) in [5, 5.41) is 2.72. The van der Waals surface area contributed by atoms with Crippen molar-refractivity contribution in [2.45, 2.75) is 0 Å². The second kappa shape index (κ2) is 7.36. The number of hydrogen-bond donors (Lipinski definition) is 2. The summed E-state index contributed by atoms with van der Waals surface area (Å²) >= 11 is 0. The first-order valence-corrected chi connectivity index (χ1v) is 7.01. The molecule has 7 heteroatoms. The molecule has 0 aliphatic rings. The molecule has 0 saturated heterocycles. The highest BCUT2D eigenvalue weighted by Crippen LogP contribution is 2.34. The number of nitrogens with two attached hydrogens (primary N) is 1. The Morgan fingerprint density at radius 3 is 1.88 bits per heavy atom. The Balaban J connectivity index is 2.33. The van der Waals surface area contributed by atoms with Gasteiger partial charge < -0.3 is 25.3 Å². The molecule has 24 heavy (non-hydrogen) atoms. The molecule has 0 atom stereocenters. The van der Waals surface area contributed by atoms with Crippen molar-refractivity contribution in [2.24, 2.45) is 5.73 Å². The van der Waals surface area contributed by atoms with E-state index < -0.39 is 11.8 Å². The Bertz CT molecular complexity index is 731. The molecule has 0 aromatic heterocycles. The van der Waals surface area contributed by atoms with Gasteiger partial charge in [-0.25, -0.2) is 0 Å². The fourth-order valence-electron chi connectivity index (χ4n) is 2.14. The summed E-state index contributed by atoms with van der Waals surface area (Å²) in [6, 6.07) is 9.41. The van der Waals surface area contributed by atoms with E-state index in [1.807, 2.05) is 0 Å². The molecule has 126 valence electrons. The smallest absolute Gasteiger partial charge is 0.263 e. The summed E-state index contributed by atoms with van der Waals surface area (Å²) in [5.74, 6) is 0.186. The van der Waals surface area contributed by atoms with Crippen molar-refractivity contribution in [3.63, 3.8) is 0 Å². The van der Waals surface area contributed by atoms with Gasteiger partial charge in [-0.1, -0.05) is 0 Å². The van der Waals surface area contributed by atoms with E-state index in [9.17, 15) is 9.59 Å². The van der Waals surface area contributed by atoms with Crippen LogP contribution in [-0.4, -0.2) is 33.1 Å². The number of ether oxygens (including phenoxy) is 3. The molecule has 0 bridgehead atoms. The number of carbonyl (C=O) groups is 2. The van der Waals surface area contributed by atoms with Gasteiger partial charge in [-0.3, -0.25) is 9.59 Å². The van der Waals surface area contributed by atoms with E-state index in [1.54, 1.807) is 24.3 Å². The van der Waals surface area contributed by atoms with Crippen LogP contribution >= 0.6 is 0 Å². The average molecular weight is 330 g/mol. The second-order valence-corrected chi connectivity index (χ2v) is 4.80. The first-order chi connectivity index (χ1) is 11.5. The number of carbonyl (C=O) groups excluding carboxylic acids is 2. The first kappa shape index (κ1) is 17.1. The quantitative estimate of drug-likeness (QED) is 0.844. The zero-order valence-corrected chi connectivity index (χ0v) is 13.6. The molecule has 0 radical (unpaired) electrons. The van der Waals surface area contributed by atoms with Crippen molar-refractivity contribution < 1.29 is 23.8 Å². The number of anilines is 1. The fraction of sp³-hybridized carbons (Fsp3) is 0.176. The highest BCUT2D eigenvalue weighted by Gasteiger charge is 2.20. The van der Waals surface area contributed by atoms with Gasteiger partial charge in [0, 0.05) is 23.4 Å². The Morgan fingerprint density at radius 1 is 0.917 bits per heavy atom. The van der Waals surface area contributed by atoms with Gasteiger partial charge in [-0.15, -0.1) is 0 Å². The van der Waals surface area contributed by atoms with Gasteiger partial charge in [0.2, 0.25) is 5.91 Å². The molecule has 0 heterocycles. The summed E-state index contributed by atoms with van der Waals surface area (Å²) in [6.07, 6.45) is 0. The molecule has 2 aromatic rings. The standard InChI is InChI=1S/C17H18N2O5/c1-22-12-8-13(23-2)15(14(9-12)24-3)17(21)19-11-6-4-10(5-7-11)16(18)20/h4-9H,1-3H3,(H2,18,20)(H,19,21). The number of nitrogens with one attached hydrogen (secondary N) is 1. The molecule has 0 aliphatic carbocycles. The average Bonchev–Trinajstić information content (AvgIpc) is 2.60. The molecule has 2 aromatic carbocycles. The van der Waals surface area contributed by atoms with E-state index in [1.165, 1.54) is 33.5 Å². The van der Waals surface area contributed by atoms with Crippen LogP contribution in [0.2, 0.25) is 0 Å². The predicted molar refractivity (Wildman–Crippen MR) is 89.0 cm³/mol. The van der Waals surface area contributed by atoms with E-state index >= 15 is 0 Å². The lowest BCUT2D eigenvalue weighted by Gasteiger charge is -2.15. The number of primary amides is 1. The highest BCUT2D eigenvalue weighted by molar-refractivity contribution is 6.08. The monoisotopic (exact) mass is 330 g/mol. The highest BCUT2D eigenvalue weighted by atomic mass is 16.5. The van der Waals surface area contributed by atoms with Gasteiger partial charge in [0.15, 0.2) is 0 Å². The molecule has 0 saturated carbocycles. The maximum Gasteiger partial charge on any atom is 0.263 e. The van der Waals surface area contributed by atoms with Crippen LogP contribution in [0.5, 0.6) is 17.2 Å². The van der Waals surface area contributed by atoms with E-state index in [0.29, 0.717) is 28.5 Å². The lowest BCUT2D eigenvalue weighted by Crippen LogP contribution is -2.15. The van der Waals surface area contributed by atoms with Gasteiger partial charge in [-0.05, 0) is 24.3 Å². The second-order valence-electron chi connectivity index (χ2n) is 4.80. The topological polar surface area (TPSA) is 99.9 Å². The Morgan fingerprint density at radius 2 is 1.46 bits per heavy atom. The maximum atomic E-state index is 12.6. The minimum absolute atomic E-state index is 0.236. The zero-order chi connectivity index (χ0) is 17.7. The third kappa shape index (κ3) is 3.57. The van der Waals surface area contributed by atoms with E-state index in [-0.39, 0.29) is 5.56 Å². The molecule has 0 aliphatic heterocycles. The molecule has 7 nitrogen and oxygen atoms in total. The van der Waals surface area contributed by atoms with Crippen LogP contribution in [0.1, 0.15) is 20.7 Å². The van der Waals surface area contributed by atoms with Crippen molar-refractivity contribution >= 4 is 17.5 Å². The van der Waals surface area contributed by atoms with Gasteiger partial charge >= 0.3 is 0 Å². The van der Waals surface area contributed by atoms with Crippen molar-refractivity contribution in [3.8, 4) is 17.2 Å². The zero-order valence-electron chi connectivity index (χ0n) is 13.6. The number of benzene rings is 2. The molecular weight excluding hydrogens is 312 g/mol. The van der Waals surface area contributed by atoms with E-state index in [2.05, 4.69) is 5.32 Å². The van der Waals surface area contributed by atoms with Crippen LogP contribution in [-0.2, 0) is 0 Å². The van der Waals surface area contributed by atoms with Crippen LogP contribution in [0.3, 0.4) is 0 Å². The predicted octanol–water partition coefficient (Wildman–Crippen LogP) is 2.06. The number of amides is 2. The van der Waals surface area contributed by atoms with Crippen molar-refractivity contribution in [1.29, 1.82) is 0 Å². The fourth-order valence-corrected chi connectivity index (χ4v) is 2.14. The minimum Gasteiger partial charge on any atom is -0.496 e. The molecule has 0 unspecified atom stereocenters. The van der Waals surface area contributed by atoms with Gasteiger partial charge in [-0.2, -0.15) is 0 Å². The SMILES string of the molecule is COc1cc(OC)c(C(=O)Nc2ccc(C(N)=O)cc2)c(OC)c1. The Hall–Kier alpha value is -3.22. The third-order valence-electron chi connectivity index (χ3n) is 3.37. The third-order valence-corrected chi connectivity index (χ3v) is 3.37.